The quantitative estimate of drug-likeness (QED) is 0.459. The van der Waals surface area contributed by atoms with Crippen molar-refractivity contribution in [3.8, 4) is 0 Å². The molecule has 0 aliphatic rings. The molecule has 1 rings (SSSR count). The Hall–Kier alpha value is -0.360. The first-order valence-electron chi connectivity index (χ1n) is 1.30. The average molecular weight is 86.0 g/mol. The summed E-state index contributed by atoms with van der Waals surface area (Å²) in [4.78, 5) is 0. The third-order valence-electron chi connectivity index (χ3n) is 0.331. The third-order valence-corrected chi connectivity index (χ3v) is 0.860. The van der Waals surface area contributed by atoms with Crippen LogP contribution >= 0.6 is 8.51 Å². The third kappa shape index (κ3) is 0.455. The Labute approximate surface area is 31.5 Å². The van der Waals surface area contributed by atoms with E-state index in [-0.39, 0.29) is 0 Å². The molecule has 0 radical (unpaired) electrons. The fraction of sp³-hybridized carbons (Fsp3) is 0. The average Bonchev–Trinajstić information content (AvgIpc) is 1.76. The van der Waals surface area contributed by atoms with Crippen molar-refractivity contribution in [2.75, 3.05) is 0 Å². The van der Waals surface area contributed by atoms with Crippen LogP contribution in [0.2, 0.25) is 0 Å². The maximum Gasteiger partial charge on any atom is 0.0520 e. The molecular weight excluding hydrogens is 83.0 g/mol. The van der Waals surface area contributed by atoms with Crippen molar-refractivity contribution >= 4 is 8.51 Å². The number of rotatable bonds is 0. The van der Waals surface area contributed by atoms with Crippen molar-refractivity contribution in [3.05, 3.63) is 12.4 Å². The molecule has 0 bridgehead atoms. The second-order valence-electron chi connectivity index (χ2n) is 0.656. The zero-order valence-electron chi connectivity index (χ0n) is 2.55. The van der Waals surface area contributed by atoms with E-state index < -0.39 is 0 Å². The normalized spacial score (nSPS) is 8.00. The van der Waals surface area contributed by atoms with Gasteiger partial charge in [0.25, 0.3) is 0 Å². The lowest BCUT2D eigenvalue weighted by Crippen LogP contribution is -1.32. The second kappa shape index (κ2) is 1.18. The van der Waals surface area contributed by atoms with Crippen LogP contribution in [0.4, 0.5) is 0 Å². The molecule has 0 aliphatic heterocycles. The van der Waals surface area contributed by atoms with Crippen LogP contribution in [0.5, 0.6) is 0 Å². The summed E-state index contributed by atoms with van der Waals surface area (Å²) in [5, 5.41) is 0. The van der Waals surface area contributed by atoms with Crippen LogP contribution in [-0.4, -0.2) is 9.49 Å². The zero-order valence-corrected chi connectivity index (χ0v) is 3.55. The summed E-state index contributed by atoms with van der Waals surface area (Å²) in [5.41, 5.74) is 0. The van der Waals surface area contributed by atoms with Crippen molar-refractivity contribution in [1.82, 2.24) is 9.49 Å². The van der Waals surface area contributed by atoms with Crippen molar-refractivity contribution in [2.45, 2.75) is 0 Å². The highest BCUT2D eigenvalue weighted by Crippen LogP contribution is 1.83. The van der Waals surface area contributed by atoms with E-state index in [0.29, 0.717) is 8.51 Å². The monoisotopic (exact) mass is 86.0 g/mol. The number of hydrogen-bond donors (Lipinski definition) is 0. The second-order valence-corrected chi connectivity index (χ2v) is 1.37. The van der Waals surface area contributed by atoms with Crippen LogP contribution in [0.25, 0.3) is 0 Å². The van der Waals surface area contributed by atoms with Gasteiger partial charge in [-0.3, -0.25) is 0 Å². The first-order chi connectivity index (χ1) is 2.50. The predicted molar refractivity (Wildman–Crippen MR) is 21.5 cm³/mol. The summed E-state index contributed by atoms with van der Waals surface area (Å²) in [6, 6.07) is 0. The molecule has 0 aromatic carbocycles. The Balaban J connectivity index is 3.13. The molecule has 0 saturated heterocycles. The van der Waals surface area contributed by atoms with Crippen molar-refractivity contribution < 1.29 is 0 Å². The Morgan fingerprint density at radius 2 is 1.80 bits per heavy atom. The molecule has 0 fully saturated rings. The molecule has 26 valence electrons. The molecule has 0 aliphatic carbocycles. The lowest BCUT2D eigenvalue weighted by atomic mass is 11.0. The minimum absolute atomic E-state index is 0.448. The molecule has 1 heterocycles. The molecule has 1 aromatic heterocycles. The van der Waals surface area contributed by atoms with E-state index >= 15 is 0 Å². The molecule has 0 amide bonds. The highest BCUT2D eigenvalue weighted by atomic mass is 31.1. The first-order valence-corrected chi connectivity index (χ1v) is 2.19. The molecule has 2 nitrogen and oxygen atoms in total. The summed E-state index contributed by atoms with van der Waals surface area (Å²) < 4.78 is 7.53. The molecule has 5 heavy (non-hydrogen) atoms. The van der Waals surface area contributed by atoms with Gasteiger partial charge in [0.05, 0.1) is 20.9 Å². The van der Waals surface area contributed by atoms with E-state index in [0.717, 1.165) is 0 Å². The molecule has 0 N–H and O–H groups in total. The topological polar surface area (TPSA) is 25.8 Å². The Kier molecular flexibility index (Phi) is 0.673. The summed E-state index contributed by atoms with van der Waals surface area (Å²) in [6.45, 7) is 0. The molecule has 0 atom stereocenters. The molecule has 3 heteroatoms. The highest BCUT2D eigenvalue weighted by molar-refractivity contribution is 7.20. The van der Waals surface area contributed by atoms with Gasteiger partial charge in [0.15, 0.2) is 0 Å². The lowest BCUT2D eigenvalue weighted by molar-refractivity contribution is 1.53. The molecule has 1 aromatic rings. The molecular formula is C2H3N2P. The van der Waals surface area contributed by atoms with Gasteiger partial charge < -0.3 is 0 Å². The molecule has 0 unspecified atom stereocenters. The maximum atomic E-state index is 3.76. The molecule has 0 spiro atoms. The van der Waals surface area contributed by atoms with Crippen LogP contribution < -0.4 is 0 Å². The van der Waals surface area contributed by atoms with Gasteiger partial charge in [0.2, 0.25) is 0 Å². The lowest BCUT2D eigenvalue weighted by Gasteiger charge is -1.42. The Bertz CT molecular complexity index is 64.1. The van der Waals surface area contributed by atoms with Gasteiger partial charge in [-0.2, -0.15) is 0 Å². The van der Waals surface area contributed by atoms with Crippen molar-refractivity contribution in [2.24, 2.45) is 0 Å². The van der Waals surface area contributed by atoms with Crippen LogP contribution in [0.1, 0.15) is 0 Å². The Morgan fingerprint density at radius 3 is 2.00 bits per heavy atom. The summed E-state index contributed by atoms with van der Waals surface area (Å²) in [7, 11) is 0.448. The molecule has 0 saturated carbocycles. The van der Waals surface area contributed by atoms with Gasteiger partial charge in [0, 0.05) is 0 Å². The maximum absolute atomic E-state index is 3.76. The SMILES string of the molecule is c1cn[pH]n1. The van der Waals surface area contributed by atoms with Crippen LogP contribution in [0.15, 0.2) is 12.4 Å². The van der Waals surface area contributed by atoms with E-state index in [1.54, 1.807) is 12.4 Å². The van der Waals surface area contributed by atoms with Gasteiger partial charge in [-0.25, -0.2) is 9.49 Å². The van der Waals surface area contributed by atoms with Gasteiger partial charge in [-0.1, -0.05) is 0 Å². The van der Waals surface area contributed by atoms with E-state index in [1.807, 2.05) is 0 Å². The summed E-state index contributed by atoms with van der Waals surface area (Å²) in [6.07, 6.45) is 3.41. The zero-order chi connectivity index (χ0) is 3.54. The van der Waals surface area contributed by atoms with E-state index in [1.165, 1.54) is 0 Å². The standard InChI is InChI=1S/C2H3N2P/c1-2-4-5-3-1/h1-2,5H. The van der Waals surface area contributed by atoms with E-state index in [2.05, 4.69) is 9.49 Å². The predicted octanol–water partition coefficient (Wildman–Crippen LogP) is 0.508. The van der Waals surface area contributed by atoms with Gasteiger partial charge in [-0.05, 0) is 0 Å². The van der Waals surface area contributed by atoms with Crippen LogP contribution in [0.3, 0.4) is 0 Å². The minimum Gasteiger partial charge on any atom is -0.228 e. The van der Waals surface area contributed by atoms with E-state index in [4.69, 9.17) is 0 Å². The van der Waals surface area contributed by atoms with Gasteiger partial charge in [0.1, 0.15) is 0 Å². The fourth-order valence-electron chi connectivity index (χ4n) is 0.167. The summed E-state index contributed by atoms with van der Waals surface area (Å²) in [5.74, 6) is 0. The first kappa shape index (κ1) is 2.86. The smallest absolute Gasteiger partial charge is 0.0520 e. The van der Waals surface area contributed by atoms with Crippen molar-refractivity contribution in [1.29, 1.82) is 0 Å². The minimum atomic E-state index is 0.448. The van der Waals surface area contributed by atoms with E-state index in [9.17, 15) is 0 Å². The fourth-order valence-corrected chi connectivity index (χ4v) is 0.500. The highest BCUT2D eigenvalue weighted by Gasteiger charge is 1.58. The van der Waals surface area contributed by atoms with Crippen molar-refractivity contribution in [3.63, 3.8) is 0 Å². The number of aromatic nitrogens is 2. The largest absolute Gasteiger partial charge is 0.228 e. The summed E-state index contributed by atoms with van der Waals surface area (Å²) >= 11 is 0. The van der Waals surface area contributed by atoms with Crippen LogP contribution in [0, 0.1) is 0 Å². The van der Waals surface area contributed by atoms with Gasteiger partial charge >= 0.3 is 0 Å². The van der Waals surface area contributed by atoms with Crippen LogP contribution in [-0.2, 0) is 0 Å². The number of hydrogen-bond acceptors (Lipinski definition) is 2. The van der Waals surface area contributed by atoms with Gasteiger partial charge in [-0.15, -0.1) is 0 Å². The number of nitrogens with zero attached hydrogens (tertiary/aromatic N) is 2. The Morgan fingerprint density at radius 1 is 1.20 bits per heavy atom.